The molecule has 3 N–H and O–H groups in total. The van der Waals surface area contributed by atoms with Crippen LogP contribution >= 0.6 is 15.9 Å². The van der Waals surface area contributed by atoms with Crippen molar-refractivity contribution in [1.82, 2.24) is 4.90 Å². The summed E-state index contributed by atoms with van der Waals surface area (Å²) in [5.41, 5.74) is 1.89. The van der Waals surface area contributed by atoms with Crippen molar-refractivity contribution >= 4 is 45.0 Å². The van der Waals surface area contributed by atoms with Crippen LogP contribution in [0.4, 0.5) is 11.4 Å². The zero-order valence-corrected chi connectivity index (χ0v) is 26.3. The number of aryl methyl sites for hydroxylation is 2. The number of fused-ring (bicyclic) bond motifs is 1. The van der Waals surface area contributed by atoms with Gasteiger partial charge in [-0.1, -0.05) is 48.3 Å². The minimum absolute atomic E-state index is 0.0849. The number of carbonyl (C=O) groups is 3. The maximum Gasteiger partial charge on any atom is 0.250 e. The number of anilines is 2. The minimum atomic E-state index is -1.22. The highest BCUT2D eigenvalue weighted by atomic mass is 79.9. The van der Waals surface area contributed by atoms with Crippen molar-refractivity contribution in [2.24, 2.45) is 17.8 Å². The highest BCUT2D eigenvalue weighted by Gasteiger charge is 2.77. The number of rotatable bonds is 10. The molecule has 3 unspecified atom stereocenters. The fourth-order valence-corrected chi connectivity index (χ4v) is 7.88. The quantitative estimate of drug-likeness (QED) is 0.330. The van der Waals surface area contributed by atoms with E-state index in [-0.39, 0.29) is 35.1 Å². The van der Waals surface area contributed by atoms with Gasteiger partial charge in [-0.3, -0.25) is 14.4 Å². The molecule has 3 fully saturated rings. The molecule has 3 aliphatic heterocycles. The van der Waals surface area contributed by atoms with Crippen molar-refractivity contribution in [2.75, 3.05) is 23.8 Å². The first-order valence-corrected chi connectivity index (χ1v) is 15.6. The van der Waals surface area contributed by atoms with Crippen LogP contribution in [0.15, 0.2) is 42.5 Å². The van der Waals surface area contributed by atoms with Gasteiger partial charge >= 0.3 is 0 Å². The minimum Gasteiger partial charge on any atom is -0.494 e. The molecule has 3 aliphatic rings. The lowest BCUT2D eigenvalue weighted by Gasteiger charge is -2.38. The van der Waals surface area contributed by atoms with E-state index in [1.54, 1.807) is 24.3 Å². The van der Waals surface area contributed by atoms with Crippen molar-refractivity contribution in [1.29, 1.82) is 0 Å². The van der Waals surface area contributed by atoms with Gasteiger partial charge in [0.1, 0.15) is 17.4 Å². The second kappa shape index (κ2) is 12.0. The Balaban J connectivity index is 1.52. The van der Waals surface area contributed by atoms with E-state index in [1.807, 2.05) is 52.8 Å². The van der Waals surface area contributed by atoms with E-state index >= 15 is 0 Å². The number of aliphatic hydroxyl groups excluding tert-OH is 1. The van der Waals surface area contributed by atoms with Crippen molar-refractivity contribution in [3.05, 3.63) is 53.6 Å². The van der Waals surface area contributed by atoms with Gasteiger partial charge in [0.2, 0.25) is 17.7 Å². The van der Waals surface area contributed by atoms with Crippen LogP contribution in [-0.2, 0) is 19.1 Å². The topological polar surface area (TPSA) is 117 Å². The summed E-state index contributed by atoms with van der Waals surface area (Å²) in [5.74, 6) is -2.13. The zero-order valence-electron chi connectivity index (χ0n) is 24.7. The van der Waals surface area contributed by atoms with Crippen LogP contribution in [0.3, 0.4) is 0 Å². The molecular formula is C32H40BrN3O6. The van der Waals surface area contributed by atoms with Gasteiger partial charge in [-0.25, -0.2) is 0 Å². The molecule has 2 aromatic carbocycles. The second-order valence-electron chi connectivity index (χ2n) is 11.8. The third kappa shape index (κ3) is 5.11. The van der Waals surface area contributed by atoms with E-state index in [9.17, 15) is 19.5 Å². The molecule has 0 aromatic heterocycles. The van der Waals surface area contributed by atoms with Gasteiger partial charge in [0.25, 0.3) is 0 Å². The molecule has 3 amide bonds. The van der Waals surface area contributed by atoms with Gasteiger partial charge in [-0.2, -0.15) is 0 Å². The number of benzene rings is 2. The van der Waals surface area contributed by atoms with E-state index in [4.69, 9.17) is 9.47 Å². The van der Waals surface area contributed by atoms with Gasteiger partial charge in [0.05, 0.1) is 37.2 Å². The number of nitrogens with zero attached hydrogens (tertiary/aromatic N) is 1. The summed E-state index contributed by atoms with van der Waals surface area (Å²) >= 11 is 3.72. The number of alkyl halides is 1. The van der Waals surface area contributed by atoms with Crippen molar-refractivity contribution in [3.63, 3.8) is 0 Å². The molecule has 3 saturated heterocycles. The SMILES string of the molecule is CCOc1ccc(NC(=O)[C@H]2[C@H]3C(=O)N([C@@H](CO)[C@@H](C)CC)C(C(=O)Nc4cc(C)ccc4C)C34CC(Br)[C@@H]2O4)cc1. The molecule has 226 valence electrons. The number of halogens is 1. The standard InChI is InChI=1S/C32H40BrN3O6/c1-6-18(4)24(16-37)36-28(30(39)35-23-14-17(3)8-9-19(23)5)32-15-22(33)27(42-32)25(26(32)31(36)40)29(38)34-20-10-12-21(13-11-20)41-7-2/h8-14,18,22,24-28,37H,6-7,15-16H2,1-5H3,(H,34,38)(H,35,39)/t18-,22?,24-,25-,26-,27-,28?,32?/m0/s1. The van der Waals surface area contributed by atoms with Crippen molar-refractivity contribution < 1.29 is 29.0 Å². The zero-order chi connectivity index (χ0) is 30.3. The number of likely N-dealkylation sites (tertiary alicyclic amines) is 1. The summed E-state index contributed by atoms with van der Waals surface area (Å²) in [7, 11) is 0. The first-order valence-electron chi connectivity index (χ1n) is 14.7. The number of carbonyl (C=O) groups excluding carboxylic acids is 3. The van der Waals surface area contributed by atoms with Gasteiger partial charge in [-0.15, -0.1) is 0 Å². The molecule has 10 heteroatoms. The number of hydrogen-bond donors (Lipinski definition) is 3. The van der Waals surface area contributed by atoms with Crippen LogP contribution in [0, 0.1) is 31.6 Å². The summed E-state index contributed by atoms with van der Waals surface area (Å²) in [5, 5.41) is 16.5. The highest BCUT2D eigenvalue weighted by molar-refractivity contribution is 9.09. The first-order chi connectivity index (χ1) is 20.1. The third-order valence-electron chi connectivity index (χ3n) is 9.21. The van der Waals surface area contributed by atoms with E-state index in [0.717, 1.165) is 11.1 Å². The van der Waals surface area contributed by atoms with Gasteiger partial charge < -0.3 is 30.1 Å². The predicted octanol–water partition coefficient (Wildman–Crippen LogP) is 4.43. The van der Waals surface area contributed by atoms with Crippen LogP contribution < -0.4 is 15.4 Å². The fraction of sp³-hybridized carbons (Fsp3) is 0.531. The van der Waals surface area contributed by atoms with Gasteiger partial charge in [0, 0.05) is 16.2 Å². The lowest BCUT2D eigenvalue weighted by atomic mass is 9.70. The van der Waals surface area contributed by atoms with Gasteiger partial charge in [0.15, 0.2) is 0 Å². The number of nitrogens with one attached hydrogen (secondary N) is 2. The molecule has 5 rings (SSSR count). The average Bonchev–Trinajstić information content (AvgIpc) is 3.55. The molecule has 2 bridgehead atoms. The molecule has 2 aromatic rings. The Kier molecular flexibility index (Phi) is 8.70. The van der Waals surface area contributed by atoms with Crippen molar-refractivity contribution in [3.8, 4) is 5.75 Å². The third-order valence-corrected chi connectivity index (χ3v) is 10.1. The smallest absolute Gasteiger partial charge is 0.250 e. The monoisotopic (exact) mass is 641 g/mol. The van der Waals surface area contributed by atoms with Crippen LogP contribution in [0.25, 0.3) is 0 Å². The fourth-order valence-electron chi connectivity index (χ4n) is 6.94. The Labute approximate surface area is 255 Å². The Morgan fingerprint density at radius 1 is 1.14 bits per heavy atom. The van der Waals surface area contributed by atoms with Crippen LogP contribution in [-0.4, -0.2) is 69.6 Å². The highest BCUT2D eigenvalue weighted by Crippen LogP contribution is 2.60. The van der Waals surface area contributed by atoms with E-state index in [0.29, 0.717) is 36.6 Å². The van der Waals surface area contributed by atoms with Crippen LogP contribution in [0.2, 0.25) is 0 Å². The summed E-state index contributed by atoms with van der Waals surface area (Å²) in [6.07, 6.45) is 0.501. The molecule has 3 heterocycles. The summed E-state index contributed by atoms with van der Waals surface area (Å²) < 4.78 is 12.1. The number of aliphatic hydroxyl groups is 1. The summed E-state index contributed by atoms with van der Waals surface area (Å²) in [6.45, 7) is 9.94. The maximum absolute atomic E-state index is 14.4. The number of hydrogen-bond acceptors (Lipinski definition) is 6. The molecule has 42 heavy (non-hydrogen) atoms. The van der Waals surface area contributed by atoms with Gasteiger partial charge in [-0.05, 0) is 74.6 Å². The lowest BCUT2D eigenvalue weighted by Crippen LogP contribution is -2.57. The second-order valence-corrected chi connectivity index (χ2v) is 13.0. The summed E-state index contributed by atoms with van der Waals surface area (Å²) in [6, 6.07) is 11.2. The number of amides is 3. The maximum atomic E-state index is 14.4. The molecule has 0 saturated carbocycles. The van der Waals surface area contributed by atoms with E-state index in [1.165, 1.54) is 4.90 Å². The van der Waals surface area contributed by atoms with E-state index in [2.05, 4.69) is 26.6 Å². The normalized spacial score (nSPS) is 29.3. The average molecular weight is 643 g/mol. The Morgan fingerprint density at radius 3 is 2.50 bits per heavy atom. The Hall–Kier alpha value is -2.95. The Bertz CT molecular complexity index is 1350. The van der Waals surface area contributed by atoms with Crippen LogP contribution in [0.5, 0.6) is 5.75 Å². The predicted molar refractivity (Wildman–Crippen MR) is 164 cm³/mol. The van der Waals surface area contributed by atoms with Crippen LogP contribution in [0.1, 0.15) is 44.7 Å². The summed E-state index contributed by atoms with van der Waals surface area (Å²) in [4.78, 5) is 43.8. The lowest BCUT2D eigenvalue weighted by molar-refractivity contribution is -0.144. The molecule has 0 aliphatic carbocycles. The molecule has 9 nitrogen and oxygen atoms in total. The molecule has 1 spiro atoms. The Morgan fingerprint density at radius 2 is 1.86 bits per heavy atom. The largest absolute Gasteiger partial charge is 0.494 e. The van der Waals surface area contributed by atoms with Crippen molar-refractivity contribution in [2.45, 2.75) is 76.1 Å². The first kappa shape index (κ1) is 30.5. The molecule has 0 radical (unpaired) electrons. The molecular weight excluding hydrogens is 602 g/mol. The number of ether oxygens (including phenoxy) is 2. The van der Waals surface area contributed by atoms with E-state index < -0.39 is 35.6 Å². The molecule has 8 atom stereocenters.